The molecule has 86 valence electrons. The molecule has 0 aliphatic carbocycles. The number of halogens is 1. The van der Waals surface area contributed by atoms with Crippen molar-refractivity contribution in [1.82, 2.24) is 4.57 Å². The highest BCUT2D eigenvalue weighted by Gasteiger charge is 2.28. The number of benzene rings is 2. The van der Waals surface area contributed by atoms with Gasteiger partial charge in [-0.3, -0.25) is 4.79 Å². The van der Waals surface area contributed by atoms with Gasteiger partial charge in [0.25, 0.3) is 0 Å². The van der Waals surface area contributed by atoms with Gasteiger partial charge in [0.05, 0.1) is 16.9 Å². The molecular formula is C15H8ClNO. The average molecular weight is 254 g/mol. The Kier molecular flexibility index (Phi) is 1.78. The van der Waals surface area contributed by atoms with E-state index in [1.807, 2.05) is 47.0 Å². The van der Waals surface area contributed by atoms with Crippen LogP contribution in [0.2, 0.25) is 5.02 Å². The van der Waals surface area contributed by atoms with Crippen molar-refractivity contribution in [2.45, 2.75) is 0 Å². The van der Waals surface area contributed by atoms with Gasteiger partial charge < -0.3 is 4.57 Å². The van der Waals surface area contributed by atoms with Crippen LogP contribution in [-0.2, 0) is 0 Å². The average Bonchev–Trinajstić information content (AvgIpc) is 2.87. The van der Waals surface area contributed by atoms with E-state index in [9.17, 15) is 4.79 Å². The SMILES string of the molecule is O=C1c2cc(Cl)ccc2-n2c1cc1ccccc12. The first-order chi connectivity index (χ1) is 8.75. The van der Waals surface area contributed by atoms with Crippen LogP contribution in [0.25, 0.3) is 16.6 Å². The molecule has 2 nitrogen and oxygen atoms in total. The summed E-state index contributed by atoms with van der Waals surface area (Å²) < 4.78 is 2.00. The highest BCUT2D eigenvalue weighted by atomic mass is 35.5. The van der Waals surface area contributed by atoms with E-state index in [2.05, 4.69) is 0 Å². The molecule has 18 heavy (non-hydrogen) atoms. The number of carbonyl (C=O) groups is 1. The lowest BCUT2D eigenvalue weighted by molar-refractivity contribution is 0.104. The van der Waals surface area contributed by atoms with E-state index < -0.39 is 0 Å². The van der Waals surface area contributed by atoms with Gasteiger partial charge in [-0.25, -0.2) is 0 Å². The predicted molar refractivity (Wildman–Crippen MR) is 71.7 cm³/mol. The topological polar surface area (TPSA) is 22.0 Å². The Morgan fingerprint density at radius 1 is 1.00 bits per heavy atom. The number of fused-ring (bicyclic) bond motifs is 5. The zero-order chi connectivity index (χ0) is 12.3. The normalized spacial score (nSPS) is 12.8. The second-order valence-corrected chi connectivity index (χ2v) is 4.85. The van der Waals surface area contributed by atoms with Gasteiger partial charge >= 0.3 is 0 Å². The van der Waals surface area contributed by atoms with Crippen molar-refractivity contribution >= 4 is 28.3 Å². The first kappa shape index (κ1) is 9.92. The molecule has 0 N–H and O–H groups in total. The fourth-order valence-corrected chi connectivity index (χ4v) is 2.78. The van der Waals surface area contributed by atoms with Crippen molar-refractivity contribution in [3.05, 3.63) is 64.8 Å². The highest BCUT2D eigenvalue weighted by molar-refractivity contribution is 6.31. The maximum Gasteiger partial charge on any atom is 0.211 e. The van der Waals surface area contributed by atoms with Gasteiger partial charge in [0.2, 0.25) is 5.78 Å². The molecule has 3 aromatic rings. The number of aromatic nitrogens is 1. The Morgan fingerprint density at radius 2 is 1.83 bits per heavy atom. The van der Waals surface area contributed by atoms with Gasteiger partial charge in [-0.2, -0.15) is 0 Å². The summed E-state index contributed by atoms with van der Waals surface area (Å²) in [6, 6.07) is 15.4. The van der Waals surface area contributed by atoms with Crippen LogP contribution in [0.15, 0.2) is 48.5 Å². The standard InChI is InChI=1S/C15H8ClNO/c16-10-5-6-13-11(8-10)15(18)14-7-9-3-1-2-4-12(9)17(13)14/h1-8H. The predicted octanol–water partition coefficient (Wildman–Crippen LogP) is 3.83. The van der Waals surface area contributed by atoms with Crippen LogP contribution >= 0.6 is 11.6 Å². The van der Waals surface area contributed by atoms with Crippen molar-refractivity contribution < 1.29 is 4.79 Å². The molecular weight excluding hydrogens is 246 g/mol. The molecule has 2 aromatic carbocycles. The van der Waals surface area contributed by atoms with E-state index in [4.69, 9.17) is 11.6 Å². The Balaban J connectivity index is 2.17. The summed E-state index contributed by atoms with van der Waals surface area (Å²) in [5.74, 6) is 0.0451. The Labute approximate surface area is 108 Å². The third-order valence-electron chi connectivity index (χ3n) is 3.39. The molecule has 0 amide bonds. The minimum absolute atomic E-state index is 0.0451. The zero-order valence-corrected chi connectivity index (χ0v) is 10.1. The number of carbonyl (C=O) groups excluding carboxylic acids is 1. The second kappa shape index (κ2) is 3.24. The van der Waals surface area contributed by atoms with Gasteiger partial charge in [-0.05, 0) is 30.3 Å². The molecule has 0 atom stereocenters. The molecule has 1 aliphatic rings. The molecule has 0 radical (unpaired) electrons. The number of para-hydroxylation sites is 1. The molecule has 0 spiro atoms. The van der Waals surface area contributed by atoms with E-state index >= 15 is 0 Å². The number of hydrogen-bond donors (Lipinski definition) is 0. The van der Waals surface area contributed by atoms with Gasteiger partial charge in [-0.1, -0.05) is 29.8 Å². The fraction of sp³-hybridized carbons (Fsp3) is 0. The first-order valence-electron chi connectivity index (χ1n) is 5.71. The molecule has 0 fully saturated rings. The summed E-state index contributed by atoms with van der Waals surface area (Å²) in [6.07, 6.45) is 0. The van der Waals surface area contributed by atoms with Gasteiger partial charge in [0.1, 0.15) is 0 Å². The van der Waals surface area contributed by atoms with E-state index in [0.29, 0.717) is 16.3 Å². The van der Waals surface area contributed by atoms with E-state index in [0.717, 1.165) is 16.6 Å². The molecule has 2 heterocycles. The minimum Gasteiger partial charge on any atom is -0.305 e. The molecule has 0 saturated heterocycles. The van der Waals surface area contributed by atoms with Crippen molar-refractivity contribution in [3.8, 4) is 5.69 Å². The highest BCUT2D eigenvalue weighted by Crippen LogP contribution is 2.35. The summed E-state index contributed by atoms with van der Waals surface area (Å²) in [4.78, 5) is 12.3. The summed E-state index contributed by atoms with van der Waals surface area (Å²) in [5.41, 5.74) is 3.37. The summed E-state index contributed by atoms with van der Waals surface area (Å²) in [6.45, 7) is 0. The van der Waals surface area contributed by atoms with Gasteiger partial charge in [0, 0.05) is 16.0 Å². The number of ketones is 1. The van der Waals surface area contributed by atoms with Crippen molar-refractivity contribution in [2.24, 2.45) is 0 Å². The smallest absolute Gasteiger partial charge is 0.211 e. The first-order valence-corrected chi connectivity index (χ1v) is 6.08. The Hall–Kier alpha value is -2.06. The minimum atomic E-state index is 0.0451. The van der Waals surface area contributed by atoms with Gasteiger partial charge in [0.15, 0.2) is 0 Å². The quantitative estimate of drug-likeness (QED) is 0.467. The number of rotatable bonds is 0. The van der Waals surface area contributed by atoms with Gasteiger partial charge in [-0.15, -0.1) is 0 Å². The van der Waals surface area contributed by atoms with Crippen LogP contribution < -0.4 is 0 Å². The van der Waals surface area contributed by atoms with Crippen LogP contribution in [0.5, 0.6) is 0 Å². The maximum atomic E-state index is 12.3. The zero-order valence-electron chi connectivity index (χ0n) is 9.35. The Bertz CT molecular complexity index is 816. The molecule has 1 aromatic heterocycles. The van der Waals surface area contributed by atoms with E-state index in [1.165, 1.54) is 0 Å². The molecule has 4 rings (SSSR count). The van der Waals surface area contributed by atoms with Crippen LogP contribution in [0.4, 0.5) is 0 Å². The Morgan fingerprint density at radius 3 is 2.72 bits per heavy atom. The summed E-state index contributed by atoms with van der Waals surface area (Å²) >= 11 is 5.96. The second-order valence-electron chi connectivity index (χ2n) is 4.41. The fourth-order valence-electron chi connectivity index (χ4n) is 2.60. The molecule has 0 unspecified atom stereocenters. The monoisotopic (exact) mass is 253 g/mol. The molecule has 0 saturated carbocycles. The molecule has 0 bridgehead atoms. The maximum absolute atomic E-state index is 12.3. The van der Waals surface area contributed by atoms with Crippen LogP contribution in [0, 0.1) is 0 Å². The van der Waals surface area contributed by atoms with Crippen LogP contribution in [0.3, 0.4) is 0 Å². The van der Waals surface area contributed by atoms with E-state index in [1.54, 1.807) is 6.07 Å². The lowest BCUT2D eigenvalue weighted by Gasteiger charge is -2.03. The molecule has 1 aliphatic heterocycles. The van der Waals surface area contributed by atoms with Crippen LogP contribution in [0.1, 0.15) is 16.1 Å². The third-order valence-corrected chi connectivity index (χ3v) is 3.62. The number of hydrogen-bond acceptors (Lipinski definition) is 1. The van der Waals surface area contributed by atoms with E-state index in [-0.39, 0.29) is 5.78 Å². The lowest BCUT2D eigenvalue weighted by Crippen LogP contribution is -1.94. The third kappa shape index (κ3) is 1.11. The largest absolute Gasteiger partial charge is 0.305 e. The molecule has 3 heteroatoms. The van der Waals surface area contributed by atoms with Crippen molar-refractivity contribution in [1.29, 1.82) is 0 Å². The number of nitrogens with zero attached hydrogens (tertiary/aromatic N) is 1. The van der Waals surface area contributed by atoms with Crippen LogP contribution in [-0.4, -0.2) is 10.4 Å². The van der Waals surface area contributed by atoms with Crippen molar-refractivity contribution in [2.75, 3.05) is 0 Å². The summed E-state index contributed by atoms with van der Waals surface area (Å²) in [7, 11) is 0. The summed E-state index contributed by atoms with van der Waals surface area (Å²) in [5, 5.41) is 1.68. The van der Waals surface area contributed by atoms with Crippen molar-refractivity contribution in [3.63, 3.8) is 0 Å². The lowest BCUT2D eigenvalue weighted by atomic mass is 10.1.